The lowest BCUT2D eigenvalue weighted by atomic mass is 9.99. The Morgan fingerprint density at radius 2 is 1.71 bits per heavy atom. The number of carboxylic acid groups (broad SMARTS) is 1. The first-order chi connectivity index (χ1) is 16.6. The number of phenolic OH excluding ortho intramolecular Hbond substituents is 2. The molecule has 0 spiro atoms. The first kappa shape index (κ1) is 25.8. The fraction of sp³-hybridized carbons (Fsp3) is 0.304. The van der Waals surface area contributed by atoms with E-state index in [9.17, 15) is 35.1 Å². The number of rotatable bonds is 8. The van der Waals surface area contributed by atoms with Crippen molar-refractivity contribution < 1.29 is 59.2 Å². The number of aliphatic hydroxyl groups is 3. The second kappa shape index (κ2) is 11.1. The summed E-state index contributed by atoms with van der Waals surface area (Å²) in [5, 5.41) is 58.6. The molecule has 0 aromatic heterocycles. The third kappa shape index (κ3) is 6.19. The van der Waals surface area contributed by atoms with Crippen molar-refractivity contribution in [3.05, 3.63) is 53.6 Å². The number of aromatic carboxylic acids is 1. The molecule has 1 saturated heterocycles. The molecule has 1 aliphatic heterocycles. The molecule has 6 N–H and O–H groups in total. The van der Waals surface area contributed by atoms with Crippen molar-refractivity contribution in [2.75, 3.05) is 13.7 Å². The van der Waals surface area contributed by atoms with Crippen LogP contribution in [0.3, 0.4) is 0 Å². The molecular formula is C23H24O12. The highest BCUT2D eigenvalue weighted by Gasteiger charge is 2.45. The molecule has 5 unspecified atom stereocenters. The van der Waals surface area contributed by atoms with Gasteiger partial charge in [-0.1, -0.05) is 6.07 Å². The molecule has 0 bridgehead atoms. The van der Waals surface area contributed by atoms with E-state index in [1.165, 1.54) is 49.6 Å². The molecule has 0 saturated carbocycles. The molecule has 0 aliphatic carbocycles. The Balaban J connectivity index is 1.65. The average molecular weight is 492 g/mol. The molecule has 12 nitrogen and oxygen atoms in total. The van der Waals surface area contributed by atoms with Gasteiger partial charge in [0.15, 0.2) is 23.0 Å². The van der Waals surface area contributed by atoms with Crippen molar-refractivity contribution in [2.45, 2.75) is 30.7 Å². The highest BCUT2D eigenvalue weighted by atomic mass is 16.7. The van der Waals surface area contributed by atoms with Crippen molar-refractivity contribution in [3.8, 4) is 23.0 Å². The van der Waals surface area contributed by atoms with Crippen LogP contribution in [0.1, 0.15) is 15.9 Å². The van der Waals surface area contributed by atoms with Crippen molar-refractivity contribution in [2.24, 2.45) is 0 Å². The number of phenols is 2. The van der Waals surface area contributed by atoms with E-state index < -0.39 is 49.3 Å². The van der Waals surface area contributed by atoms with Crippen LogP contribution in [0.5, 0.6) is 23.0 Å². The molecule has 2 aromatic carbocycles. The molecule has 0 amide bonds. The number of carboxylic acids is 1. The summed E-state index contributed by atoms with van der Waals surface area (Å²) in [6.45, 7) is -0.510. The monoisotopic (exact) mass is 492 g/mol. The van der Waals surface area contributed by atoms with Gasteiger partial charge >= 0.3 is 11.9 Å². The van der Waals surface area contributed by atoms with E-state index in [1.54, 1.807) is 0 Å². The lowest BCUT2D eigenvalue weighted by Gasteiger charge is -2.40. The van der Waals surface area contributed by atoms with Crippen LogP contribution in [-0.2, 0) is 14.3 Å². The first-order valence-electron chi connectivity index (χ1n) is 10.2. The van der Waals surface area contributed by atoms with Gasteiger partial charge in [0.05, 0.1) is 12.7 Å². The van der Waals surface area contributed by atoms with E-state index >= 15 is 0 Å². The van der Waals surface area contributed by atoms with Gasteiger partial charge < -0.3 is 49.6 Å². The number of hydrogen-bond donors (Lipinski definition) is 6. The number of benzene rings is 2. The van der Waals surface area contributed by atoms with Gasteiger partial charge in [-0.15, -0.1) is 0 Å². The van der Waals surface area contributed by atoms with Gasteiger partial charge in [0.25, 0.3) is 0 Å². The molecule has 1 aliphatic rings. The second-order valence-electron chi connectivity index (χ2n) is 7.51. The minimum atomic E-state index is -1.71. The van der Waals surface area contributed by atoms with Crippen LogP contribution < -0.4 is 9.47 Å². The topological polar surface area (TPSA) is 192 Å². The fourth-order valence-corrected chi connectivity index (χ4v) is 3.20. The first-order valence-corrected chi connectivity index (χ1v) is 10.2. The van der Waals surface area contributed by atoms with Crippen LogP contribution in [-0.4, -0.2) is 87.0 Å². The standard InChI is InChI=1S/C23H24O12/c1-32-16-9-12(22(30)31)4-6-15(16)34-23-21(29)20(28)19(27)17(35-23)10-33-18(26)7-3-11-2-5-13(24)14(25)8-11/h2-9,17,19-21,23-25,27-29H,10H2,1H3,(H,30,31). The van der Waals surface area contributed by atoms with Crippen molar-refractivity contribution >= 4 is 18.0 Å². The number of carbonyl (C=O) groups is 2. The lowest BCUT2D eigenvalue weighted by molar-refractivity contribution is -0.278. The second-order valence-corrected chi connectivity index (χ2v) is 7.51. The van der Waals surface area contributed by atoms with Crippen molar-refractivity contribution in [1.82, 2.24) is 0 Å². The predicted molar refractivity (Wildman–Crippen MR) is 117 cm³/mol. The van der Waals surface area contributed by atoms with Crippen LogP contribution in [0, 0.1) is 0 Å². The van der Waals surface area contributed by atoms with Crippen LogP contribution in [0.25, 0.3) is 6.08 Å². The summed E-state index contributed by atoms with van der Waals surface area (Å²) in [6, 6.07) is 7.62. The quantitative estimate of drug-likeness (QED) is 0.167. The van der Waals surface area contributed by atoms with Gasteiger partial charge in [0.2, 0.25) is 6.29 Å². The van der Waals surface area contributed by atoms with Gasteiger partial charge in [-0.05, 0) is 42.0 Å². The zero-order chi connectivity index (χ0) is 25.7. The number of esters is 1. The Hall–Kier alpha value is -3.84. The number of aromatic hydroxyl groups is 2. The number of ether oxygens (including phenoxy) is 4. The molecule has 2 aromatic rings. The molecular weight excluding hydrogens is 468 g/mol. The number of methoxy groups -OCH3 is 1. The van der Waals surface area contributed by atoms with Gasteiger partial charge in [0, 0.05) is 6.08 Å². The van der Waals surface area contributed by atoms with E-state index in [1.807, 2.05) is 0 Å². The number of aliphatic hydroxyl groups excluding tert-OH is 3. The largest absolute Gasteiger partial charge is 0.504 e. The maximum Gasteiger partial charge on any atom is 0.335 e. The van der Waals surface area contributed by atoms with Crippen LogP contribution >= 0.6 is 0 Å². The molecule has 1 heterocycles. The van der Waals surface area contributed by atoms with E-state index in [2.05, 4.69) is 0 Å². The summed E-state index contributed by atoms with van der Waals surface area (Å²) in [4.78, 5) is 23.2. The third-order valence-corrected chi connectivity index (χ3v) is 5.12. The summed E-state index contributed by atoms with van der Waals surface area (Å²) in [5.74, 6) is -2.69. The zero-order valence-corrected chi connectivity index (χ0v) is 18.3. The Labute approximate surface area is 198 Å². The molecule has 1 fully saturated rings. The Morgan fingerprint density at radius 1 is 0.971 bits per heavy atom. The highest BCUT2D eigenvalue weighted by molar-refractivity contribution is 5.88. The zero-order valence-electron chi connectivity index (χ0n) is 18.3. The Kier molecular flexibility index (Phi) is 8.14. The summed E-state index contributed by atoms with van der Waals surface area (Å²) in [6.07, 6.45) is -5.46. The number of hydrogen-bond acceptors (Lipinski definition) is 11. The minimum absolute atomic E-state index is 0.000897. The Morgan fingerprint density at radius 3 is 2.37 bits per heavy atom. The number of carbonyl (C=O) groups excluding carboxylic acids is 1. The van der Waals surface area contributed by atoms with E-state index in [0.29, 0.717) is 5.56 Å². The van der Waals surface area contributed by atoms with Crippen LogP contribution in [0.15, 0.2) is 42.5 Å². The predicted octanol–water partition coefficient (Wildman–Crippen LogP) is 0.248. The third-order valence-electron chi connectivity index (χ3n) is 5.12. The van der Waals surface area contributed by atoms with Crippen LogP contribution in [0.4, 0.5) is 0 Å². The minimum Gasteiger partial charge on any atom is -0.504 e. The van der Waals surface area contributed by atoms with Crippen molar-refractivity contribution in [3.63, 3.8) is 0 Å². The van der Waals surface area contributed by atoms with Crippen LogP contribution in [0.2, 0.25) is 0 Å². The summed E-state index contributed by atoms with van der Waals surface area (Å²) >= 11 is 0. The average Bonchev–Trinajstić information content (AvgIpc) is 2.84. The summed E-state index contributed by atoms with van der Waals surface area (Å²) < 4.78 is 21.2. The van der Waals surface area contributed by atoms with E-state index in [-0.39, 0.29) is 28.6 Å². The molecule has 3 rings (SSSR count). The van der Waals surface area contributed by atoms with E-state index in [0.717, 1.165) is 6.08 Å². The van der Waals surface area contributed by atoms with Gasteiger partial charge in [-0.25, -0.2) is 9.59 Å². The van der Waals surface area contributed by atoms with Gasteiger partial charge in [0.1, 0.15) is 31.0 Å². The fourth-order valence-electron chi connectivity index (χ4n) is 3.20. The molecule has 12 heteroatoms. The smallest absolute Gasteiger partial charge is 0.335 e. The molecule has 188 valence electrons. The van der Waals surface area contributed by atoms with Crippen molar-refractivity contribution in [1.29, 1.82) is 0 Å². The maximum atomic E-state index is 12.0. The van der Waals surface area contributed by atoms with Gasteiger partial charge in [-0.2, -0.15) is 0 Å². The van der Waals surface area contributed by atoms with Gasteiger partial charge in [-0.3, -0.25) is 0 Å². The molecule has 5 atom stereocenters. The SMILES string of the molecule is COc1cc(C(=O)O)ccc1OC1OC(COC(=O)C=Cc2ccc(O)c(O)c2)C(O)C(O)C1O. The summed E-state index contributed by atoms with van der Waals surface area (Å²) in [7, 11) is 1.28. The lowest BCUT2D eigenvalue weighted by Crippen LogP contribution is -2.60. The highest BCUT2D eigenvalue weighted by Crippen LogP contribution is 2.32. The normalized spacial score (nSPS) is 24.2. The molecule has 0 radical (unpaired) electrons. The maximum absolute atomic E-state index is 12.0. The molecule has 35 heavy (non-hydrogen) atoms. The Bertz CT molecular complexity index is 1100. The van der Waals surface area contributed by atoms with E-state index in [4.69, 9.17) is 24.1 Å². The summed E-state index contributed by atoms with van der Waals surface area (Å²) in [5.41, 5.74) is 0.330.